The number of hydrogen-bond acceptors (Lipinski definition) is 4. The second-order valence-corrected chi connectivity index (χ2v) is 6.78. The number of rotatable bonds is 1. The van der Waals surface area contributed by atoms with Crippen LogP contribution in [0.5, 0.6) is 0 Å². The highest BCUT2D eigenvalue weighted by Gasteiger charge is 1.95. The Balaban J connectivity index is -0.000000282. The van der Waals surface area contributed by atoms with E-state index >= 15 is 0 Å². The third-order valence-electron chi connectivity index (χ3n) is 2.63. The van der Waals surface area contributed by atoms with Crippen molar-refractivity contribution < 1.29 is 4.79 Å². The summed E-state index contributed by atoms with van der Waals surface area (Å²) in [7, 11) is 3.87. The maximum absolute atomic E-state index is 10.0. The number of aryl methyl sites for hydroxylation is 1. The number of carbonyl (C=O) groups is 1. The monoisotopic (exact) mass is 368 g/mol. The van der Waals surface area contributed by atoms with Crippen molar-refractivity contribution in [2.24, 2.45) is 0 Å². The first-order valence-electron chi connectivity index (χ1n) is 6.81. The Morgan fingerprint density at radius 2 is 1.58 bits per heavy atom. The summed E-state index contributed by atoms with van der Waals surface area (Å²) in [5, 5.41) is 1.14. The van der Waals surface area contributed by atoms with Crippen LogP contribution in [0.25, 0.3) is 10.2 Å². The van der Waals surface area contributed by atoms with Crippen molar-refractivity contribution in [1.82, 2.24) is 9.88 Å². The van der Waals surface area contributed by atoms with Crippen LogP contribution in [0, 0.1) is 6.92 Å². The van der Waals surface area contributed by atoms with Crippen molar-refractivity contribution in [2.75, 3.05) is 14.1 Å². The molecule has 1 heterocycles. The number of carbonyl (C=O) groups excluding carboxylic acids is 1. The number of hydrogen-bond donors (Lipinski definition) is 0. The minimum atomic E-state index is 0. The molecule has 24 heavy (non-hydrogen) atoms. The smallest absolute Gasteiger partial charge is 0.154 e. The number of allylic oxidation sites excluding steroid dienone is 1. The lowest BCUT2D eigenvalue weighted by atomic mass is 10.3. The topological polar surface area (TPSA) is 33.2 Å². The average molecular weight is 369 g/mol. The number of para-hydroxylation sites is 1. The SMILES string of the molecule is C.C.C=C(C)C(C)=O.CC(=S)N(C)C.Cc1nc2ccccc2s1. The van der Waals surface area contributed by atoms with E-state index < -0.39 is 0 Å². The maximum Gasteiger partial charge on any atom is 0.154 e. The van der Waals surface area contributed by atoms with Crippen LogP contribution in [0.15, 0.2) is 36.4 Å². The van der Waals surface area contributed by atoms with E-state index in [2.05, 4.69) is 17.6 Å². The first kappa shape index (κ1) is 27.3. The lowest BCUT2D eigenvalue weighted by molar-refractivity contribution is -0.113. The van der Waals surface area contributed by atoms with E-state index in [9.17, 15) is 4.79 Å². The molecular weight excluding hydrogens is 336 g/mol. The van der Waals surface area contributed by atoms with Crippen LogP contribution in [0.3, 0.4) is 0 Å². The third kappa shape index (κ3) is 11.9. The molecule has 2 aromatic rings. The Hall–Kier alpha value is -1.59. The normalized spacial score (nSPS) is 8.25. The molecule has 0 aliphatic rings. The van der Waals surface area contributed by atoms with Gasteiger partial charge in [-0.2, -0.15) is 0 Å². The van der Waals surface area contributed by atoms with Gasteiger partial charge in [-0.05, 0) is 45.4 Å². The molecule has 0 aliphatic carbocycles. The van der Waals surface area contributed by atoms with E-state index in [0.29, 0.717) is 5.57 Å². The molecule has 0 bridgehead atoms. The van der Waals surface area contributed by atoms with Crippen LogP contribution in [-0.4, -0.2) is 34.8 Å². The number of thiazole rings is 1. The summed E-state index contributed by atoms with van der Waals surface area (Å²) in [5.41, 5.74) is 1.74. The van der Waals surface area contributed by atoms with E-state index in [1.165, 1.54) is 11.6 Å². The lowest BCUT2D eigenvalue weighted by Gasteiger charge is -2.06. The van der Waals surface area contributed by atoms with E-state index in [-0.39, 0.29) is 20.6 Å². The van der Waals surface area contributed by atoms with Crippen LogP contribution >= 0.6 is 23.6 Å². The van der Waals surface area contributed by atoms with Gasteiger partial charge in [0.2, 0.25) is 0 Å². The minimum absolute atomic E-state index is 0. The van der Waals surface area contributed by atoms with Gasteiger partial charge in [-0.1, -0.05) is 45.8 Å². The van der Waals surface area contributed by atoms with Crippen LogP contribution in [0.2, 0.25) is 0 Å². The Kier molecular flexibility index (Phi) is 15.7. The molecule has 5 heteroatoms. The third-order valence-corrected chi connectivity index (χ3v) is 3.95. The van der Waals surface area contributed by atoms with Gasteiger partial charge in [-0.25, -0.2) is 4.98 Å². The molecule has 1 aromatic carbocycles. The van der Waals surface area contributed by atoms with Crippen LogP contribution in [-0.2, 0) is 4.79 Å². The molecule has 0 amide bonds. The lowest BCUT2D eigenvalue weighted by Crippen LogP contribution is -2.15. The van der Waals surface area contributed by atoms with Gasteiger partial charge in [0.25, 0.3) is 0 Å². The zero-order chi connectivity index (χ0) is 17.3. The number of nitrogens with zero attached hydrogens (tertiary/aromatic N) is 2. The standard InChI is InChI=1S/C8H7NS.C5H8O.C4H9NS.2CH4/c1-6-9-7-4-2-3-5-8(7)10-6;1-4(2)5(3)6;1-4(6)5(2)3;;/h2-5H,1H3;1H2,2-3H3;1-3H3;2*1H4. The predicted octanol–water partition coefficient (Wildman–Crippen LogP) is 5.92. The van der Waals surface area contributed by atoms with Crippen LogP contribution < -0.4 is 0 Å². The summed E-state index contributed by atoms with van der Waals surface area (Å²) in [6.07, 6.45) is 0. The van der Waals surface area contributed by atoms with Gasteiger partial charge in [0.1, 0.15) is 0 Å². The largest absolute Gasteiger partial charge is 0.373 e. The van der Waals surface area contributed by atoms with Crippen molar-refractivity contribution in [1.29, 1.82) is 0 Å². The number of ketones is 1. The molecule has 0 radical (unpaired) electrons. The Labute approximate surface area is 157 Å². The predicted molar refractivity (Wildman–Crippen MR) is 115 cm³/mol. The van der Waals surface area contributed by atoms with E-state index in [4.69, 9.17) is 12.2 Å². The van der Waals surface area contributed by atoms with Gasteiger partial charge in [0.05, 0.1) is 20.2 Å². The van der Waals surface area contributed by atoms with Crippen molar-refractivity contribution in [3.8, 4) is 0 Å². The summed E-state index contributed by atoms with van der Waals surface area (Å²) in [6, 6.07) is 8.19. The number of benzene rings is 1. The number of Topliss-reactive ketones (excluding diaryl/α,β-unsaturated/α-hetero) is 1. The highest BCUT2D eigenvalue weighted by Crippen LogP contribution is 2.19. The summed E-state index contributed by atoms with van der Waals surface area (Å²) in [6.45, 7) is 10.5. The Morgan fingerprint density at radius 1 is 1.17 bits per heavy atom. The second-order valence-electron chi connectivity index (χ2n) is 4.95. The molecule has 0 saturated heterocycles. The molecule has 3 nitrogen and oxygen atoms in total. The maximum atomic E-state index is 10.0. The molecular formula is C19H32N2OS2. The van der Waals surface area contributed by atoms with E-state index in [0.717, 1.165) is 15.5 Å². The van der Waals surface area contributed by atoms with Crippen LogP contribution in [0.1, 0.15) is 40.6 Å². The molecule has 0 aliphatic heterocycles. The molecule has 1 aromatic heterocycles. The van der Waals surface area contributed by atoms with E-state index in [1.54, 1.807) is 18.3 Å². The first-order valence-corrected chi connectivity index (χ1v) is 8.04. The number of aromatic nitrogens is 1. The Morgan fingerprint density at radius 3 is 1.92 bits per heavy atom. The fourth-order valence-electron chi connectivity index (χ4n) is 0.987. The minimum Gasteiger partial charge on any atom is -0.373 e. The van der Waals surface area contributed by atoms with Gasteiger partial charge in [0, 0.05) is 14.1 Å². The highest BCUT2D eigenvalue weighted by molar-refractivity contribution is 7.80. The summed E-state index contributed by atoms with van der Waals surface area (Å²) in [5.74, 6) is 0.0648. The zero-order valence-electron chi connectivity index (χ0n) is 14.1. The molecule has 0 atom stereocenters. The van der Waals surface area contributed by atoms with Crippen molar-refractivity contribution >= 4 is 44.5 Å². The average Bonchev–Trinajstić information content (AvgIpc) is 2.79. The summed E-state index contributed by atoms with van der Waals surface area (Å²) < 4.78 is 1.28. The molecule has 136 valence electrons. The Bertz CT molecular complexity index is 601. The van der Waals surface area contributed by atoms with Crippen molar-refractivity contribution in [2.45, 2.75) is 42.5 Å². The van der Waals surface area contributed by atoms with Gasteiger partial charge < -0.3 is 4.90 Å². The zero-order valence-corrected chi connectivity index (χ0v) is 15.8. The number of thiocarbonyl (C=S) groups is 1. The summed E-state index contributed by atoms with van der Waals surface area (Å²) >= 11 is 6.49. The molecule has 0 saturated carbocycles. The molecule has 0 unspecified atom stereocenters. The molecule has 0 N–H and O–H groups in total. The highest BCUT2D eigenvalue weighted by atomic mass is 32.1. The number of fused-ring (bicyclic) bond motifs is 1. The van der Waals surface area contributed by atoms with Gasteiger partial charge in [0.15, 0.2) is 5.78 Å². The van der Waals surface area contributed by atoms with E-state index in [1.807, 2.05) is 51.0 Å². The van der Waals surface area contributed by atoms with Gasteiger partial charge >= 0.3 is 0 Å². The quantitative estimate of drug-likeness (QED) is 0.462. The van der Waals surface area contributed by atoms with Gasteiger partial charge in [-0.15, -0.1) is 11.3 Å². The van der Waals surface area contributed by atoms with Crippen LogP contribution in [0.4, 0.5) is 0 Å². The fourth-order valence-corrected chi connectivity index (χ4v) is 1.81. The van der Waals surface area contributed by atoms with Gasteiger partial charge in [-0.3, -0.25) is 4.79 Å². The second kappa shape index (κ2) is 13.8. The van der Waals surface area contributed by atoms with Crippen molar-refractivity contribution in [3.63, 3.8) is 0 Å². The molecule has 2 rings (SSSR count). The fraction of sp³-hybridized carbons (Fsp3) is 0.421. The molecule has 0 spiro atoms. The molecule has 0 fully saturated rings. The summed E-state index contributed by atoms with van der Waals surface area (Å²) in [4.78, 5) is 17.2. The first-order chi connectivity index (χ1) is 10.1. The van der Waals surface area contributed by atoms with Crippen molar-refractivity contribution in [3.05, 3.63) is 41.4 Å².